The van der Waals surface area contributed by atoms with Crippen LogP contribution in [0, 0.1) is 11.6 Å². The van der Waals surface area contributed by atoms with Crippen LogP contribution in [0.15, 0.2) is 48.5 Å². The minimum absolute atomic E-state index is 0. The zero-order chi connectivity index (χ0) is 28.0. The Labute approximate surface area is 248 Å². The fraction of sp³-hybridized carbons (Fsp3) is 0.393. The second-order valence-corrected chi connectivity index (χ2v) is 9.68. The van der Waals surface area contributed by atoms with Crippen molar-refractivity contribution in [3.63, 3.8) is 0 Å². The summed E-state index contributed by atoms with van der Waals surface area (Å²) in [5.74, 6) is -2.60. The first kappa shape index (κ1) is 32.6. The van der Waals surface area contributed by atoms with Crippen molar-refractivity contribution in [2.75, 3.05) is 7.05 Å². The summed E-state index contributed by atoms with van der Waals surface area (Å²) in [6.07, 6.45) is -2.37. The number of nitrogens with zero attached hydrogens (tertiary/aromatic N) is 3. The Kier molecular flexibility index (Phi) is 12.3. The molecule has 2 aromatic carbocycles. The third kappa shape index (κ3) is 8.68. The molecule has 0 saturated carbocycles. The molecule has 0 unspecified atom stereocenters. The number of amides is 1. The molecule has 3 N–H and O–H groups in total. The van der Waals surface area contributed by atoms with Gasteiger partial charge in [0.1, 0.15) is 11.6 Å². The number of carbonyl (C=O) groups is 2. The molecule has 206 valence electrons. The Morgan fingerprint density at radius 2 is 1.67 bits per heavy atom. The molecule has 0 radical (unpaired) electrons. The Morgan fingerprint density at radius 1 is 1.03 bits per heavy atom. The van der Waals surface area contributed by atoms with Gasteiger partial charge in [0.05, 0.1) is 24.3 Å². The number of hydrogen-bond donors (Lipinski definition) is 3. The van der Waals surface area contributed by atoms with Crippen LogP contribution in [0.5, 0.6) is 0 Å². The van der Waals surface area contributed by atoms with Crippen LogP contribution in [-0.2, 0) is 17.8 Å². The van der Waals surface area contributed by atoms with Crippen molar-refractivity contribution in [1.29, 1.82) is 0 Å². The number of carboxylic acid groups (broad SMARTS) is 1. The molecular weight excluding hydrogens is 519 g/mol. The van der Waals surface area contributed by atoms with Gasteiger partial charge in [0.25, 0.3) is 5.91 Å². The van der Waals surface area contributed by atoms with Crippen molar-refractivity contribution < 1.29 is 33.7 Å². The van der Waals surface area contributed by atoms with Crippen molar-refractivity contribution in [2.24, 2.45) is 0 Å². The first-order chi connectivity index (χ1) is 18.0. The molecule has 1 aromatic heterocycles. The Hall–Kier alpha value is -2.63. The summed E-state index contributed by atoms with van der Waals surface area (Å²) in [5, 5.41) is 33.8. The van der Waals surface area contributed by atoms with Gasteiger partial charge in [-0.2, -0.15) is 5.10 Å². The first-order valence-corrected chi connectivity index (χ1v) is 12.4. The van der Waals surface area contributed by atoms with Gasteiger partial charge in [0.2, 0.25) is 0 Å². The Morgan fingerprint density at radius 3 is 2.26 bits per heavy atom. The van der Waals surface area contributed by atoms with E-state index in [-0.39, 0.29) is 67.0 Å². The molecule has 0 fully saturated rings. The monoisotopic (exact) mass is 553 g/mol. The zero-order valence-corrected chi connectivity index (χ0v) is 21.6. The van der Waals surface area contributed by atoms with Crippen molar-refractivity contribution in [3.8, 4) is 5.69 Å². The summed E-state index contributed by atoms with van der Waals surface area (Å²) in [4.78, 5) is 25.8. The van der Waals surface area contributed by atoms with Crippen LogP contribution in [0.4, 0.5) is 8.78 Å². The average molecular weight is 554 g/mol. The molecular formula is C28H34F2N3NaO5. The van der Waals surface area contributed by atoms with E-state index in [0.717, 1.165) is 0 Å². The van der Waals surface area contributed by atoms with E-state index in [1.54, 1.807) is 29.9 Å². The van der Waals surface area contributed by atoms with E-state index in [2.05, 4.69) is 5.10 Å². The molecule has 8 nitrogen and oxygen atoms in total. The maximum atomic E-state index is 14.2. The van der Waals surface area contributed by atoms with Crippen molar-refractivity contribution in [1.82, 2.24) is 14.7 Å². The molecule has 0 aliphatic heterocycles. The second-order valence-electron chi connectivity index (χ2n) is 9.68. The van der Waals surface area contributed by atoms with Gasteiger partial charge in [-0.25, -0.2) is 13.5 Å². The number of benzene rings is 2. The number of hydrogen-bond acceptors (Lipinski definition) is 5. The summed E-state index contributed by atoms with van der Waals surface area (Å²) < 4.78 is 29.4. The standard InChI is InChI=1S/C28H33F2N3O5.Na.H/c1-17(2)26-24(13-12-21(34)14-22(35)15-25(36)37)33(20-10-8-19(29)9-11-20)31-27(26)28(38)32(3)16-18-6-4-5-7-23(18)30;;/h4-11,17,21-22,34-35H,12-16H2,1-3H3,(H,36,37);;/t21-,22-;;/m1../s1. The van der Waals surface area contributed by atoms with Crippen molar-refractivity contribution in [3.05, 3.63) is 82.7 Å². The van der Waals surface area contributed by atoms with E-state index in [1.165, 1.54) is 35.2 Å². The molecule has 0 spiro atoms. The quantitative estimate of drug-likeness (QED) is 0.296. The normalized spacial score (nSPS) is 12.6. The van der Waals surface area contributed by atoms with Gasteiger partial charge < -0.3 is 20.2 Å². The topological polar surface area (TPSA) is 116 Å². The van der Waals surface area contributed by atoms with E-state index < -0.39 is 42.1 Å². The second kappa shape index (κ2) is 14.7. The van der Waals surface area contributed by atoms with Crippen LogP contribution in [0.3, 0.4) is 0 Å². The Balaban J connectivity index is 0.00000533. The summed E-state index contributed by atoms with van der Waals surface area (Å²) in [7, 11) is 1.56. The van der Waals surface area contributed by atoms with Gasteiger partial charge in [-0.1, -0.05) is 32.0 Å². The maximum absolute atomic E-state index is 14.2. The molecule has 3 rings (SSSR count). The summed E-state index contributed by atoms with van der Waals surface area (Å²) in [5.41, 5.74) is 2.30. The van der Waals surface area contributed by atoms with Crippen LogP contribution in [0.25, 0.3) is 5.69 Å². The third-order valence-corrected chi connectivity index (χ3v) is 6.25. The van der Waals surface area contributed by atoms with Crippen LogP contribution >= 0.6 is 0 Å². The van der Waals surface area contributed by atoms with Gasteiger partial charge in [-0.15, -0.1) is 0 Å². The number of aromatic nitrogens is 2. The van der Waals surface area contributed by atoms with E-state index in [9.17, 15) is 28.6 Å². The van der Waals surface area contributed by atoms with E-state index in [1.807, 2.05) is 13.8 Å². The summed E-state index contributed by atoms with van der Waals surface area (Å²) in [6, 6.07) is 11.8. The van der Waals surface area contributed by atoms with Crippen molar-refractivity contribution in [2.45, 2.75) is 64.2 Å². The number of aliphatic hydroxyl groups is 2. The zero-order valence-electron chi connectivity index (χ0n) is 21.6. The van der Waals surface area contributed by atoms with Crippen LogP contribution in [-0.4, -0.2) is 90.7 Å². The van der Waals surface area contributed by atoms with Crippen LogP contribution in [0.2, 0.25) is 0 Å². The predicted octanol–water partition coefficient (Wildman–Crippen LogP) is 3.42. The van der Waals surface area contributed by atoms with Gasteiger partial charge in [-0.3, -0.25) is 9.59 Å². The molecule has 1 amide bonds. The van der Waals surface area contributed by atoms with Gasteiger partial charge in [0, 0.05) is 30.4 Å². The number of halogens is 2. The molecule has 0 bridgehead atoms. The van der Waals surface area contributed by atoms with Gasteiger partial charge in [0.15, 0.2) is 5.69 Å². The molecule has 2 atom stereocenters. The fourth-order valence-electron chi connectivity index (χ4n) is 4.42. The number of aliphatic carboxylic acids is 1. The van der Waals surface area contributed by atoms with E-state index in [0.29, 0.717) is 22.5 Å². The fourth-order valence-corrected chi connectivity index (χ4v) is 4.42. The number of rotatable bonds is 12. The molecule has 11 heteroatoms. The minimum atomic E-state index is -1.20. The number of carboxylic acids is 1. The van der Waals surface area contributed by atoms with Crippen LogP contribution < -0.4 is 0 Å². The molecule has 0 aliphatic carbocycles. The molecule has 1 heterocycles. The third-order valence-electron chi connectivity index (χ3n) is 6.25. The van der Waals surface area contributed by atoms with Gasteiger partial charge in [-0.05, 0) is 55.5 Å². The van der Waals surface area contributed by atoms with Gasteiger partial charge >= 0.3 is 35.5 Å². The summed E-state index contributed by atoms with van der Waals surface area (Å²) in [6.45, 7) is 3.83. The first-order valence-electron chi connectivity index (χ1n) is 12.4. The van der Waals surface area contributed by atoms with E-state index >= 15 is 0 Å². The van der Waals surface area contributed by atoms with E-state index in [4.69, 9.17) is 5.11 Å². The molecule has 3 aromatic rings. The SMILES string of the molecule is CC(C)c1c(C(=O)N(C)Cc2ccccc2F)nn(-c2ccc(F)cc2)c1CC[C@@H](O)C[C@@H](O)CC(=O)O.[NaH]. The molecule has 39 heavy (non-hydrogen) atoms. The number of carbonyl (C=O) groups excluding carboxylic acids is 1. The average Bonchev–Trinajstić information content (AvgIpc) is 3.23. The molecule has 0 aliphatic rings. The number of aliphatic hydroxyl groups excluding tert-OH is 2. The Bertz CT molecular complexity index is 1270. The predicted molar refractivity (Wildman–Crippen MR) is 144 cm³/mol. The van der Waals surface area contributed by atoms with Crippen LogP contribution in [0.1, 0.15) is 66.3 Å². The van der Waals surface area contributed by atoms with Crippen molar-refractivity contribution >= 4 is 41.4 Å². The molecule has 0 saturated heterocycles. The summed E-state index contributed by atoms with van der Waals surface area (Å²) >= 11 is 0.